The van der Waals surface area contributed by atoms with E-state index >= 15 is 0 Å². The number of unbranched alkanes of at least 4 members (excludes halogenated alkanes) is 2. The molecule has 0 bridgehead atoms. The van der Waals surface area contributed by atoms with Gasteiger partial charge in [-0.2, -0.15) is 0 Å². The van der Waals surface area contributed by atoms with E-state index in [9.17, 15) is 25.2 Å². The highest BCUT2D eigenvalue weighted by Crippen LogP contribution is 2.39. The largest absolute Gasteiger partial charge is 0.505 e. The molecular formula is C35H36Cl2N6O8. The smallest absolute Gasteiger partial charge is 0.303 e. The van der Waals surface area contributed by atoms with Crippen LogP contribution in [0.2, 0.25) is 10.0 Å². The number of carbonyl (C=O) groups is 1. The average molecular weight is 740 g/mol. The third kappa shape index (κ3) is 6.46. The molecule has 0 saturated carbocycles. The Bertz CT molecular complexity index is 2290. The molecule has 14 nitrogen and oxygen atoms in total. The molecule has 0 radical (unpaired) electrons. The zero-order chi connectivity index (χ0) is 36.0. The number of rotatable bonds is 14. The Morgan fingerprint density at radius 3 is 1.55 bits per heavy atom. The second-order valence-corrected chi connectivity index (χ2v) is 13.3. The summed E-state index contributed by atoms with van der Waals surface area (Å²) in [5.41, 5.74) is 7.87. The summed E-state index contributed by atoms with van der Waals surface area (Å²) in [7, 11) is 0. The molecule has 0 spiro atoms. The van der Waals surface area contributed by atoms with Crippen LogP contribution in [0.15, 0.2) is 60.7 Å². The number of aromatic hydroxyl groups is 2. The van der Waals surface area contributed by atoms with Gasteiger partial charge >= 0.3 is 5.97 Å². The number of aliphatic carboxylic acids is 1. The van der Waals surface area contributed by atoms with Gasteiger partial charge in [-0.1, -0.05) is 41.8 Å². The van der Waals surface area contributed by atoms with Crippen LogP contribution in [0.4, 0.5) is 0 Å². The SMILES string of the molecule is O=C(O)CCCCCOO.OCCc1cc(Cc2cc(CCO)cc(-n3n4c5ccc(Cl)cc5n34)c2O)c(O)c(-n2n3c4ccc(Cl)cc4n23)c1. The lowest BCUT2D eigenvalue weighted by Crippen LogP contribution is -2.02. The molecule has 0 saturated heterocycles. The number of nitrogens with zero attached hydrogens (tertiary/aromatic N) is 6. The quantitative estimate of drug-likeness (QED) is 0.0471. The predicted molar refractivity (Wildman–Crippen MR) is 190 cm³/mol. The lowest BCUT2D eigenvalue weighted by atomic mass is 9.96. The van der Waals surface area contributed by atoms with E-state index in [1.165, 1.54) is 0 Å². The molecule has 4 aromatic heterocycles. The Kier molecular flexibility index (Phi) is 9.54. The fraction of sp³-hybridized carbons (Fsp3) is 0.286. The molecule has 0 aliphatic carbocycles. The van der Waals surface area contributed by atoms with E-state index in [2.05, 4.69) is 4.89 Å². The van der Waals surface area contributed by atoms with Crippen LogP contribution < -0.4 is 0 Å². The number of aliphatic hydroxyl groups excluding tert-OH is 2. The molecule has 0 aliphatic rings. The zero-order valence-corrected chi connectivity index (χ0v) is 28.8. The maximum atomic E-state index is 11.5. The Morgan fingerprint density at radius 1 is 0.647 bits per heavy atom. The summed E-state index contributed by atoms with van der Waals surface area (Å²) in [5.74, 6) is -0.620. The third-order valence-corrected chi connectivity index (χ3v) is 9.42. The summed E-state index contributed by atoms with van der Waals surface area (Å²) in [4.78, 5) is 17.5. The number of aromatic nitrogens is 6. The van der Waals surface area contributed by atoms with Gasteiger partial charge < -0.3 is 25.5 Å². The molecule has 0 amide bonds. The summed E-state index contributed by atoms with van der Waals surface area (Å²) < 4.78 is 7.66. The van der Waals surface area contributed by atoms with Crippen molar-refractivity contribution < 1.29 is 40.5 Å². The van der Waals surface area contributed by atoms with Crippen LogP contribution in [0.5, 0.6) is 11.5 Å². The molecule has 51 heavy (non-hydrogen) atoms. The third-order valence-electron chi connectivity index (χ3n) is 8.95. The van der Waals surface area contributed by atoms with Crippen molar-refractivity contribution in [3.63, 3.8) is 0 Å². The molecule has 6 N–H and O–H groups in total. The molecule has 0 aliphatic heterocycles. The number of halogens is 2. The first kappa shape index (κ1) is 34.6. The molecule has 0 unspecified atom stereocenters. The molecule has 8 rings (SSSR count). The van der Waals surface area contributed by atoms with Crippen LogP contribution in [0.3, 0.4) is 0 Å². The highest BCUT2D eigenvalue weighted by atomic mass is 35.5. The lowest BCUT2D eigenvalue weighted by molar-refractivity contribution is -0.242. The topological polar surface area (TPSA) is 175 Å². The molecule has 8 aromatic rings. The Morgan fingerprint density at radius 2 is 1.12 bits per heavy atom. The molecule has 4 aromatic carbocycles. The first-order chi connectivity index (χ1) is 24.7. The minimum absolute atomic E-state index is 0.0422. The normalized spacial score (nSPS) is 12.0. The van der Waals surface area contributed by atoms with Crippen molar-refractivity contribution >= 4 is 51.2 Å². The van der Waals surface area contributed by atoms with Crippen molar-refractivity contribution in [3.05, 3.63) is 93.0 Å². The maximum absolute atomic E-state index is 11.5. The van der Waals surface area contributed by atoms with Crippen molar-refractivity contribution in [1.82, 2.24) is 28.1 Å². The van der Waals surface area contributed by atoms with Gasteiger partial charge in [0, 0.05) is 47.2 Å². The van der Waals surface area contributed by atoms with Gasteiger partial charge in [0.15, 0.2) is 0 Å². The van der Waals surface area contributed by atoms with Crippen LogP contribution >= 0.6 is 23.2 Å². The van der Waals surface area contributed by atoms with Crippen LogP contribution in [0.25, 0.3) is 33.4 Å². The minimum Gasteiger partial charge on any atom is -0.505 e. The van der Waals surface area contributed by atoms with Gasteiger partial charge in [-0.25, -0.2) is 4.89 Å². The lowest BCUT2D eigenvalue weighted by Gasteiger charge is -2.14. The molecule has 0 fully saturated rings. The summed E-state index contributed by atoms with van der Waals surface area (Å²) in [6, 6.07) is 18.7. The van der Waals surface area contributed by atoms with E-state index in [0.717, 1.165) is 39.6 Å². The van der Waals surface area contributed by atoms with Gasteiger partial charge in [0.05, 0.1) is 6.61 Å². The van der Waals surface area contributed by atoms with Crippen LogP contribution in [-0.4, -0.2) is 84.7 Å². The number of carboxylic acid groups (broad SMARTS) is 1. The predicted octanol–water partition coefficient (Wildman–Crippen LogP) is 5.65. The highest BCUT2D eigenvalue weighted by molar-refractivity contribution is 6.31. The van der Waals surface area contributed by atoms with Crippen LogP contribution in [-0.2, 0) is 28.9 Å². The van der Waals surface area contributed by atoms with Gasteiger partial charge in [0.25, 0.3) is 0 Å². The summed E-state index contributed by atoms with van der Waals surface area (Å²) in [6.07, 6.45) is 3.40. The van der Waals surface area contributed by atoms with Crippen molar-refractivity contribution in [2.45, 2.75) is 44.9 Å². The number of hydrogen-bond acceptors (Lipinski definition) is 7. The Labute approximate surface area is 299 Å². The van der Waals surface area contributed by atoms with E-state index < -0.39 is 5.97 Å². The monoisotopic (exact) mass is 738 g/mol. The summed E-state index contributed by atoms with van der Waals surface area (Å²) >= 11 is 12.4. The summed E-state index contributed by atoms with van der Waals surface area (Å²) in [5, 5.41) is 59.7. The number of hydrogen-bond donors (Lipinski definition) is 6. The van der Waals surface area contributed by atoms with Crippen LogP contribution in [0.1, 0.15) is 47.9 Å². The number of phenolic OH excluding ortho intramolecular Hbond substituents is 2. The molecule has 0 atom stereocenters. The van der Waals surface area contributed by atoms with E-state index in [4.69, 9.17) is 33.6 Å². The van der Waals surface area contributed by atoms with Gasteiger partial charge in [-0.3, -0.25) is 10.1 Å². The average Bonchev–Trinajstić information content (AvgIpc) is 3.96. The molecule has 16 heteroatoms. The fourth-order valence-electron chi connectivity index (χ4n) is 6.47. The number of carboxylic acids is 1. The van der Waals surface area contributed by atoms with Gasteiger partial charge in [-0.05, 0) is 85.3 Å². The molecule has 4 heterocycles. The number of fused-ring (bicyclic) bond motifs is 8. The zero-order valence-electron chi connectivity index (χ0n) is 27.3. The van der Waals surface area contributed by atoms with Gasteiger partial charge in [0.1, 0.15) is 44.9 Å². The Balaban J connectivity index is 0.000000358. The molecule has 268 valence electrons. The van der Waals surface area contributed by atoms with Crippen molar-refractivity contribution in [1.29, 1.82) is 0 Å². The maximum Gasteiger partial charge on any atom is 0.303 e. The standard InChI is InChI=1S/C29H24Cl2N6O4.C6H12O4/c30-20-1-3-22-24(14-20)34-32(22)36(34)26-11-16(5-7-38)9-18(28(26)40)13-19-10-17(6-8-39)12-27(29(19)41)37-33-23-4-2-21(31)15-25(23)35(33)37;7-6(8)4-2-1-3-5-10-9/h1-4,9-12,14-15,38-41H,5-8,13H2;9H,1-5H2,(H,7,8). The molecular weight excluding hydrogens is 703 g/mol. The van der Waals surface area contributed by atoms with Crippen molar-refractivity contribution in [3.8, 4) is 22.9 Å². The number of benzene rings is 4. The van der Waals surface area contributed by atoms with Gasteiger partial charge in [-0.15, -0.1) is 28.1 Å². The van der Waals surface area contributed by atoms with E-state index in [1.807, 2.05) is 88.8 Å². The minimum atomic E-state index is -0.773. The second-order valence-electron chi connectivity index (χ2n) is 12.4. The van der Waals surface area contributed by atoms with E-state index in [0.29, 0.717) is 64.8 Å². The van der Waals surface area contributed by atoms with E-state index in [1.54, 1.807) is 0 Å². The highest BCUT2D eigenvalue weighted by Gasteiger charge is 2.29. The van der Waals surface area contributed by atoms with E-state index in [-0.39, 0.29) is 37.6 Å². The second kappa shape index (κ2) is 14.1. The summed E-state index contributed by atoms with van der Waals surface area (Å²) in [6.45, 7) is 0.207. The Hall–Kier alpha value is -4.83. The number of phenols is 2. The number of aliphatic hydroxyl groups is 2. The van der Waals surface area contributed by atoms with Crippen molar-refractivity contribution in [2.24, 2.45) is 0 Å². The fourth-order valence-corrected chi connectivity index (χ4v) is 6.80. The van der Waals surface area contributed by atoms with Crippen molar-refractivity contribution in [2.75, 3.05) is 19.8 Å². The van der Waals surface area contributed by atoms with Gasteiger partial charge in [0.2, 0.25) is 0 Å². The first-order valence-corrected chi connectivity index (χ1v) is 17.2. The van der Waals surface area contributed by atoms with Crippen LogP contribution in [0, 0.1) is 0 Å². The first-order valence-electron chi connectivity index (χ1n) is 16.5.